The second kappa shape index (κ2) is 6.30. The van der Waals surface area contributed by atoms with Gasteiger partial charge in [-0.1, -0.05) is 22.0 Å². The van der Waals surface area contributed by atoms with E-state index < -0.39 is 23.0 Å². The predicted molar refractivity (Wildman–Crippen MR) is 75.6 cm³/mol. The monoisotopic (exact) mass is 342 g/mol. The van der Waals surface area contributed by atoms with Gasteiger partial charge in [0, 0.05) is 9.37 Å². The number of Topliss-reactive ketones (excluding diaryl/α,β-unsaturated/α-hetero) is 1. The Kier molecular flexibility index (Phi) is 4.71. The first kappa shape index (κ1) is 14.2. The predicted octanol–water partition coefficient (Wildman–Crippen LogP) is 4.70. The lowest BCUT2D eigenvalue weighted by Gasteiger charge is -2.04. The van der Waals surface area contributed by atoms with Crippen LogP contribution in [0.5, 0.6) is 0 Å². The summed E-state index contributed by atoms with van der Waals surface area (Å²) in [7, 11) is 0. The minimum Gasteiger partial charge on any atom is -0.293 e. The van der Waals surface area contributed by atoms with E-state index in [0.717, 1.165) is 21.5 Å². The molecular weight excluding hydrogens is 334 g/mol. The molecule has 0 aliphatic heterocycles. The maximum Gasteiger partial charge on any atom is 0.178 e. The molecule has 0 bridgehead atoms. The van der Waals surface area contributed by atoms with Crippen molar-refractivity contribution in [2.75, 3.05) is 5.75 Å². The summed E-state index contributed by atoms with van der Waals surface area (Å²) in [5.41, 5.74) is -0.466. The van der Waals surface area contributed by atoms with E-state index in [4.69, 9.17) is 0 Å². The highest BCUT2D eigenvalue weighted by atomic mass is 79.9. The van der Waals surface area contributed by atoms with Gasteiger partial charge in [0.1, 0.15) is 11.6 Å². The Bertz CT molecular complexity index is 579. The lowest BCUT2D eigenvalue weighted by Crippen LogP contribution is -2.08. The van der Waals surface area contributed by atoms with E-state index in [1.807, 2.05) is 24.3 Å². The Labute approximate surface area is 122 Å². The van der Waals surface area contributed by atoms with E-state index in [9.17, 15) is 13.6 Å². The molecule has 0 saturated heterocycles. The summed E-state index contributed by atoms with van der Waals surface area (Å²) in [5.74, 6) is -2.19. The summed E-state index contributed by atoms with van der Waals surface area (Å²) in [6.07, 6.45) is 0. The van der Waals surface area contributed by atoms with Gasteiger partial charge in [-0.3, -0.25) is 4.79 Å². The van der Waals surface area contributed by atoms with Crippen LogP contribution in [-0.4, -0.2) is 11.5 Å². The Hall–Kier alpha value is -1.20. The Balaban J connectivity index is 2.07. The largest absolute Gasteiger partial charge is 0.293 e. The van der Waals surface area contributed by atoms with Gasteiger partial charge in [-0.25, -0.2) is 8.78 Å². The van der Waals surface area contributed by atoms with Crippen molar-refractivity contribution >= 4 is 33.5 Å². The van der Waals surface area contributed by atoms with Crippen LogP contribution >= 0.6 is 27.7 Å². The molecule has 0 aliphatic rings. The summed E-state index contributed by atoms with van der Waals surface area (Å²) in [5, 5.41) is 0. The van der Waals surface area contributed by atoms with Crippen molar-refractivity contribution in [3.05, 3.63) is 64.1 Å². The minimum absolute atomic E-state index is 0.000510. The van der Waals surface area contributed by atoms with Crippen molar-refractivity contribution in [1.82, 2.24) is 0 Å². The molecule has 0 saturated carbocycles. The molecule has 98 valence electrons. The molecule has 0 N–H and O–H groups in total. The molecular formula is C14H9BrF2OS. The third-order valence-electron chi connectivity index (χ3n) is 2.43. The first-order chi connectivity index (χ1) is 9.08. The molecule has 2 rings (SSSR count). The molecule has 19 heavy (non-hydrogen) atoms. The fraction of sp³-hybridized carbons (Fsp3) is 0.0714. The first-order valence-corrected chi connectivity index (χ1v) is 7.21. The summed E-state index contributed by atoms with van der Waals surface area (Å²) >= 11 is 4.55. The van der Waals surface area contributed by atoms with Gasteiger partial charge >= 0.3 is 0 Å². The van der Waals surface area contributed by atoms with Crippen LogP contribution in [0.1, 0.15) is 10.4 Å². The molecule has 0 unspecified atom stereocenters. The molecule has 0 fully saturated rings. The van der Waals surface area contributed by atoms with Gasteiger partial charge in [-0.15, -0.1) is 11.8 Å². The number of carbonyl (C=O) groups excluding carboxylic acids is 1. The van der Waals surface area contributed by atoms with E-state index in [-0.39, 0.29) is 5.75 Å². The highest BCUT2D eigenvalue weighted by Crippen LogP contribution is 2.23. The van der Waals surface area contributed by atoms with Crippen LogP contribution in [0.4, 0.5) is 8.78 Å². The smallest absolute Gasteiger partial charge is 0.178 e. The van der Waals surface area contributed by atoms with E-state index in [1.54, 1.807) is 0 Å². The third kappa shape index (κ3) is 3.64. The molecule has 2 aromatic rings. The highest BCUT2D eigenvalue weighted by Gasteiger charge is 2.16. The molecule has 0 spiro atoms. The summed E-state index contributed by atoms with van der Waals surface area (Å²) < 4.78 is 27.7. The minimum atomic E-state index is -0.818. The van der Waals surface area contributed by atoms with Crippen molar-refractivity contribution in [3.8, 4) is 0 Å². The molecule has 0 amide bonds. The fourth-order valence-electron chi connectivity index (χ4n) is 1.52. The van der Waals surface area contributed by atoms with Crippen molar-refractivity contribution < 1.29 is 13.6 Å². The van der Waals surface area contributed by atoms with Crippen LogP contribution in [0, 0.1) is 11.6 Å². The Morgan fingerprint density at radius 3 is 2.21 bits per heavy atom. The van der Waals surface area contributed by atoms with Gasteiger partial charge in [0.05, 0.1) is 11.3 Å². The zero-order valence-electron chi connectivity index (χ0n) is 9.70. The second-order valence-corrected chi connectivity index (χ2v) is 5.73. The van der Waals surface area contributed by atoms with E-state index in [0.29, 0.717) is 0 Å². The van der Waals surface area contributed by atoms with Crippen molar-refractivity contribution in [1.29, 1.82) is 0 Å². The number of thioether (sulfide) groups is 1. The van der Waals surface area contributed by atoms with Gasteiger partial charge in [-0.2, -0.15) is 0 Å². The molecule has 0 heterocycles. The number of ketones is 1. The Morgan fingerprint density at radius 2 is 1.63 bits per heavy atom. The lowest BCUT2D eigenvalue weighted by molar-refractivity contribution is 0.101. The standard InChI is InChI=1S/C14H9BrF2OS/c15-9-4-6-10(7-5-9)19-8-13(18)14-11(16)2-1-3-12(14)17/h1-7H,8H2. The van der Waals surface area contributed by atoms with Crippen LogP contribution in [0.15, 0.2) is 51.8 Å². The van der Waals surface area contributed by atoms with Crippen LogP contribution in [-0.2, 0) is 0 Å². The molecule has 1 nitrogen and oxygen atoms in total. The van der Waals surface area contributed by atoms with E-state index in [2.05, 4.69) is 15.9 Å². The third-order valence-corrected chi connectivity index (χ3v) is 3.97. The summed E-state index contributed by atoms with van der Waals surface area (Å²) in [6, 6.07) is 10.8. The number of halogens is 3. The molecule has 0 aliphatic carbocycles. The maximum absolute atomic E-state index is 13.4. The number of hydrogen-bond donors (Lipinski definition) is 0. The molecule has 5 heteroatoms. The number of carbonyl (C=O) groups is 1. The van der Waals surface area contributed by atoms with Crippen LogP contribution in [0.25, 0.3) is 0 Å². The van der Waals surface area contributed by atoms with Crippen LogP contribution < -0.4 is 0 Å². The van der Waals surface area contributed by atoms with Crippen molar-refractivity contribution in [2.45, 2.75) is 4.90 Å². The average Bonchev–Trinajstić information content (AvgIpc) is 2.38. The molecule has 0 radical (unpaired) electrons. The lowest BCUT2D eigenvalue weighted by atomic mass is 10.1. The quantitative estimate of drug-likeness (QED) is 0.591. The number of benzene rings is 2. The fourth-order valence-corrected chi connectivity index (χ4v) is 2.55. The maximum atomic E-state index is 13.4. The van der Waals surface area contributed by atoms with Gasteiger partial charge < -0.3 is 0 Å². The van der Waals surface area contributed by atoms with Crippen LogP contribution in [0.3, 0.4) is 0 Å². The van der Waals surface area contributed by atoms with E-state index >= 15 is 0 Å². The van der Waals surface area contributed by atoms with Gasteiger partial charge in [0.25, 0.3) is 0 Å². The van der Waals surface area contributed by atoms with Gasteiger partial charge in [0.2, 0.25) is 0 Å². The molecule has 2 aromatic carbocycles. The number of rotatable bonds is 4. The van der Waals surface area contributed by atoms with Crippen molar-refractivity contribution in [2.24, 2.45) is 0 Å². The topological polar surface area (TPSA) is 17.1 Å². The normalized spacial score (nSPS) is 10.5. The molecule has 0 atom stereocenters. The highest BCUT2D eigenvalue weighted by molar-refractivity contribution is 9.10. The summed E-state index contributed by atoms with van der Waals surface area (Å²) in [4.78, 5) is 12.7. The van der Waals surface area contributed by atoms with E-state index in [1.165, 1.54) is 17.8 Å². The molecule has 0 aromatic heterocycles. The zero-order valence-corrected chi connectivity index (χ0v) is 12.1. The summed E-state index contributed by atoms with van der Waals surface area (Å²) in [6.45, 7) is 0. The number of hydrogen-bond acceptors (Lipinski definition) is 2. The van der Waals surface area contributed by atoms with Gasteiger partial charge in [0.15, 0.2) is 5.78 Å². The van der Waals surface area contributed by atoms with Gasteiger partial charge in [-0.05, 0) is 36.4 Å². The SMILES string of the molecule is O=C(CSc1ccc(Br)cc1)c1c(F)cccc1F. The zero-order chi connectivity index (χ0) is 13.8. The van der Waals surface area contributed by atoms with Crippen LogP contribution in [0.2, 0.25) is 0 Å². The Morgan fingerprint density at radius 1 is 1.05 bits per heavy atom. The van der Waals surface area contributed by atoms with Crippen molar-refractivity contribution in [3.63, 3.8) is 0 Å². The second-order valence-electron chi connectivity index (χ2n) is 3.76. The average molecular weight is 343 g/mol. The first-order valence-electron chi connectivity index (χ1n) is 5.43.